The summed E-state index contributed by atoms with van der Waals surface area (Å²) in [5.74, 6) is 2.48. The average molecular weight is 603 g/mol. The minimum absolute atomic E-state index is 0.336. The second kappa shape index (κ2) is 10.2. The van der Waals surface area contributed by atoms with Gasteiger partial charge in [-0.3, -0.25) is 4.98 Å². The van der Waals surface area contributed by atoms with Crippen LogP contribution < -0.4 is 0 Å². The van der Waals surface area contributed by atoms with Crippen LogP contribution in [0.1, 0.15) is 17.0 Å². The van der Waals surface area contributed by atoms with E-state index in [1.807, 2.05) is 36.5 Å². The van der Waals surface area contributed by atoms with E-state index in [-0.39, 0.29) is 0 Å². The van der Waals surface area contributed by atoms with Crippen LogP contribution in [0.5, 0.6) is 0 Å². The molecule has 0 saturated carbocycles. The highest BCUT2D eigenvalue weighted by Gasteiger charge is 2.25. The standard InChI is InChI=1S/C42H26N4O/c1-2-10-27-22-29(18-15-25(27)8-1)40-44-41(30-19-20-32-28(23-30)17-16-26-9-3-4-11-31(26)32)46-42(45-40)35-24-36-33(13-7-21-43-36)38-34-12-5-6-14-37(34)47-39(35)38/h1-24,26,31H. The molecule has 5 aromatic carbocycles. The van der Waals surface area contributed by atoms with Crippen molar-refractivity contribution < 1.29 is 4.42 Å². The molecule has 2 aliphatic carbocycles. The molecule has 2 atom stereocenters. The van der Waals surface area contributed by atoms with E-state index in [1.165, 1.54) is 16.5 Å². The van der Waals surface area contributed by atoms with Crippen molar-refractivity contribution in [2.24, 2.45) is 5.92 Å². The zero-order valence-electron chi connectivity index (χ0n) is 25.2. The third kappa shape index (κ3) is 4.17. The van der Waals surface area contributed by atoms with Crippen LogP contribution >= 0.6 is 0 Å². The topological polar surface area (TPSA) is 64.7 Å². The molecule has 0 bridgehead atoms. The number of fused-ring (bicyclic) bond motifs is 9. The highest BCUT2D eigenvalue weighted by atomic mass is 16.3. The second-order valence-electron chi connectivity index (χ2n) is 12.2. The lowest BCUT2D eigenvalue weighted by molar-refractivity contribution is 0.669. The van der Waals surface area contributed by atoms with Crippen LogP contribution in [0, 0.1) is 5.92 Å². The van der Waals surface area contributed by atoms with Gasteiger partial charge in [0.15, 0.2) is 17.5 Å². The molecule has 2 unspecified atom stereocenters. The Kier molecular flexibility index (Phi) is 5.63. The lowest BCUT2D eigenvalue weighted by Gasteiger charge is -2.27. The van der Waals surface area contributed by atoms with Gasteiger partial charge < -0.3 is 4.42 Å². The number of allylic oxidation sites excluding steroid dienone is 5. The molecule has 2 aliphatic rings. The second-order valence-corrected chi connectivity index (χ2v) is 12.2. The molecule has 0 N–H and O–H groups in total. The fraction of sp³-hybridized carbons (Fsp3) is 0.0476. The fourth-order valence-corrected chi connectivity index (χ4v) is 7.19. The lowest BCUT2D eigenvalue weighted by atomic mass is 9.77. The van der Waals surface area contributed by atoms with Crippen LogP contribution in [0.3, 0.4) is 0 Å². The first-order valence-corrected chi connectivity index (χ1v) is 15.9. The Labute approximate surface area is 270 Å². The minimum Gasteiger partial charge on any atom is -0.455 e. The first-order chi connectivity index (χ1) is 23.3. The number of rotatable bonds is 3. The molecule has 5 heteroatoms. The maximum Gasteiger partial charge on any atom is 0.167 e. The van der Waals surface area contributed by atoms with Crippen LogP contribution in [0.15, 0.2) is 144 Å². The predicted octanol–water partition coefficient (Wildman–Crippen LogP) is 10.3. The predicted molar refractivity (Wildman–Crippen MR) is 190 cm³/mol. The van der Waals surface area contributed by atoms with Gasteiger partial charge in [-0.1, -0.05) is 109 Å². The summed E-state index contributed by atoms with van der Waals surface area (Å²) in [5.41, 5.74) is 7.57. The van der Waals surface area contributed by atoms with Gasteiger partial charge in [-0.15, -0.1) is 0 Å². The van der Waals surface area contributed by atoms with Gasteiger partial charge in [-0.05, 0) is 52.2 Å². The van der Waals surface area contributed by atoms with Gasteiger partial charge in [-0.2, -0.15) is 0 Å². The van der Waals surface area contributed by atoms with Gasteiger partial charge in [0.25, 0.3) is 0 Å². The lowest BCUT2D eigenvalue weighted by Crippen LogP contribution is -2.13. The van der Waals surface area contributed by atoms with Crippen molar-refractivity contribution >= 4 is 49.7 Å². The molecule has 0 amide bonds. The van der Waals surface area contributed by atoms with Crippen LogP contribution in [0.4, 0.5) is 0 Å². The van der Waals surface area contributed by atoms with E-state index >= 15 is 0 Å². The molecule has 0 spiro atoms. The summed E-state index contributed by atoms with van der Waals surface area (Å²) in [4.78, 5) is 20.1. The van der Waals surface area contributed by atoms with Crippen molar-refractivity contribution in [2.75, 3.05) is 0 Å². The summed E-state index contributed by atoms with van der Waals surface area (Å²) < 4.78 is 6.57. The van der Waals surface area contributed by atoms with Crippen LogP contribution in [0.25, 0.3) is 83.9 Å². The van der Waals surface area contributed by atoms with Crippen molar-refractivity contribution in [3.8, 4) is 34.2 Å². The third-order valence-electron chi connectivity index (χ3n) is 9.49. The van der Waals surface area contributed by atoms with E-state index in [4.69, 9.17) is 24.4 Å². The summed E-state index contributed by atoms with van der Waals surface area (Å²) in [6.07, 6.45) is 15.2. The Bertz CT molecular complexity index is 2660. The number of furan rings is 1. The van der Waals surface area contributed by atoms with E-state index in [1.54, 1.807) is 0 Å². The Morgan fingerprint density at radius 1 is 0.596 bits per heavy atom. The Balaban J connectivity index is 1.23. The third-order valence-corrected chi connectivity index (χ3v) is 9.49. The number of para-hydroxylation sites is 1. The van der Waals surface area contributed by atoms with E-state index in [0.717, 1.165) is 54.9 Å². The largest absolute Gasteiger partial charge is 0.455 e. The van der Waals surface area contributed by atoms with Gasteiger partial charge >= 0.3 is 0 Å². The van der Waals surface area contributed by atoms with Crippen molar-refractivity contribution in [3.05, 3.63) is 151 Å². The monoisotopic (exact) mass is 602 g/mol. The van der Waals surface area contributed by atoms with Gasteiger partial charge in [-0.25, -0.2) is 15.0 Å². The molecule has 0 aliphatic heterocycles. The van der Waals surface area contributed by atoms with Gasteiger partial charge in [0, 0.05) is 45.3 Å². The van der Waals surface area contributed by atoms with E-state index in [0.29, 0.717) is 29.3 Å². The van der Waals surface area contributed by atoms with E-state index < -0.39 is 0 Å². The molecule has 3 aromatic heterocycles. The van der Waals surface area contributed by atoms with E-state index in [2.05, 4.69) is 109 Å². The maximum atomic E-state index is 6.57. The number of hydrogen-bond donors (Lipinski definition) is 0. The maximum absolute atomic E-state index is 6.57. The first kappa shape index (κ1) is 26.1. The van der Waals surface area contributed by atoms with Crippen molar-refractivity contribution in [1.82, 2.24) is 19.9 Å². The summed E-state index contributed by atoms with van der Waals surface area (Å²) in [6, 6.07) is 35.5. The average Bonchev–Trinajstić information content (AvgIpc) is 3.54. The molecule has 8 aromatic rings. The van der Waals surface area contributed by atoms with Gasteiger partial charge in [0.2, 0.25) is 0 Å². The Hall–Kier alpha value is -6.20. The van der Waals surface area contributed by atoms with Crippen molar-refractivity contribution in [1.29, 1.82) is 0 Å². The van der Waals surface area contributed by atoms with Crippen molar-refractivity contribution in [2.45, 2.75) is 5.92 Å². The minimum atomic E-state index is 0.336. The Morgan fingerprint density at radius 3 is 2.30 bits per heavy atom. The summed E-state index contributed by atoms with van der Waals surface area (Å²) in [7, 11) is 0. The van der Waals surface area contributed by atoms with Gasteiger partial charge in [0.05, 0.1) is 11.1 Å². The molecular formula is C42H26N4O. The fourth-order valence-electron chi connectivity index (χ4n) is 7.19. The van der Waals surface area contributed by atoms with Crippen LogP contribution in [-0.2, 0) is 0 Å². The summed E-state index contributed by atoms with van der Waals surface area (Å²) in [5, 5.41) is 5.38. The van der Waals surface area contributed by atoms with Crippen LogP contribution in [0.2, 0.25) is 0 Å². The smallest absolute Gasteiger partial charge is 0.167 e. The molecule has 3 heterocycles. The van der Waals surface area contributed by atoms with Gasteiger partial charge in [0.1, 0.15) is 11.2 Å². The first-order valence-electron chi connectivity index (χ1n) is 15.9. The molecule has 5 nitrogen and oxygen atoms in total. The molecule has 10 rings (SSSR count). The van der Waals surface area contributed by atoms with Crippen LogP contribution in [-0.4, -0.2) is 19.9 Å². The summed E-state index contributed by atoms with van der Waals surface area (Å²) in [6.45, 7) is 0. The Morgan fingerprint density at radius 2 is 1.36 bits per heavy atom. The molecule has 0 radical (unpaired) electrons. The molecule has 220 valence electrons. The molecular weight excluding hydrogens is 576 g/mol. The van der Waals surface area contributed by atoms with Crippen molar-refractivity contribution in [3.63, 3.8) is 0 Å². The number of benzene rings is 5. The normalized spacial score (nSPS) is 16.7. The summed E-state index contributed by atoms with van der Waals surface area (Å²) >= 11 is 0. The zero-order chi connectivity index (χ0) is 30.9. The number of pyridine rings is 1. The number of nitrogens with zero attached hydrogens (tertiary/aromatic N) is 4. The highest BCUT2D eigenvalue weighted by Crippen LogP contribution is 2.42. The SMILES string of the molecule is C1=CC2C=Cc3cc(-c4nc(-c5ccc6ccccc6c5)nc(-c5cc6ncccc6c6c5oc5ccccc56)n4)ccc3C2C=C1. The number of aromatic nitrogens is 4. The number of hydrogen-bond acceptors (Lipinski definition) is 5. The molecule has 0 saturated heterocycles. The zero-order valence-corrected chi connectivity index (χ0v) is 25.2. The molecule has 0 fully saturated rings. The van der Waals surface area contributed by atoms with E-state index in [9.17, 15) is 0 Å². The highest BCUT2D eigenvalue weighted by molar-refractivity contribution is 6.21. The molecule has 47 heavy (non-hydrogen) atoms. The quantitative estimate of drug-likeness (QED) is 0.201.